The van der Waals surface area contributed by atoms with Gasteiger partial charge in [0.05, 0.1) is 11.5 Å². The molecule has 1 unspecified atom stereocenters. The molecule has 0 heterocycles. The second-order valence-electron chi connectivity index (χ2n) is 3.31. The van der Waals surface area contributed by atoms with Crippen LogP contribution in [0.15, 0.2) is 0 Å². The van der Waals surface area contributed by atoms with Crippen LogP contribution in [0.4, 0.5) is 0 Å². The Balaban J connectivity index is 3.44. The van der Waals surface area contributed by atoms with Crippen molar-refractivity contribution in [2.75, 3.05) is 24.7 Å². The van der Waals surface area contributed by atoms with Crippen LogP contribution in [0.3, 0.4) is 0 Å². The van der Waals surface area contributed by atoms with E-state index in [0.717, 1.165) is 11.8 Å². The molecule has 0 aromatic rings. The summed E-state index contributed by atoms with van der Waals surface area (Å²) in [4.78, 5) is 21.3. The highest BCUT2D eigenvalue weighted by molar-refractivity contribution is 8.00. The first-order chi connectivity index (χ1) is 7.06. The molecule has 0 aromatic heterocycles. The van der Waals surface area contributed by atoms with E-state index < -0.39 is 5.97 Å². The van der Waals surface area contributed by atoms with E-state index in [1.807, 2.05) is 6.92 Å². The number of nitrogens with one attached hydrogen (secondary N) is 1. The number of carbonyl (C=O) groups excluding carboxylic acids is 1. The molecule has 3 N–H and O–H groups in total. The Morgan fingerprint density at radius 3 is 2.60 bits per heavy atom. The second-order valence-corrected chi connectivity index (χ2v) is 4.29. The van der Waals surface area contributed by atoms with Crippen molar-refractivity contribution in [1.29, 1.82) is 0 Å². The summed E-state index contributed by atoms with van der Waals surface area (Å²) in [5.41, 5.74) is 0. The average Bonchev–Trinajstić information content (AvgIpc) is 2.14. The maximum Gasteiger partial charge on any atom is 0.313 e. The van der Waals surface area contributed by atoms with Crippen molar-refractivity contribution in [3.05, 3.63) is 0 Å². The fourth-order valence-electron chi connectivity index (χ4n) is 0.893. The monoisotopic (exact) mass is 235 g/mol. The van der Waals surface area contributed by atoms with Gasteiger partial charge in [-0.25, -0.2) is 0 Å². The molecule has 0 saturated heterocycles. The van der Waals surface area contributed by atoms with E-state index >= 15 is 0 Å². The Labute approximate surface area is 93.2 Å². The number of carbonyl (C=O) groups is 2. The van der Waals surface area contributed by atoms with Gasteiger partial charge in [-0.2, -0.15) is 0 Å². The topological polar surface area (TPSA) is 86.6 Å². The zero-order valence-corrected chi connectivity index (χ0v) is 9.55. The van der Waals surface area contributed by atoms with Crippen molar-refractivity contribution in [2.24, 2.45) is 5.92 Å². The molecule has 0 aliphatic heterocycles. The summed E-state index contributed by atoms with van der Waals surface area (Å²) in [6, 6.07) is 0. The fourth-order valence-corrected chi connectivity index (χ4v) is 1.46. The molecule has 0 rings (SSSR count). The molecule has 88 valence electrons. The molecule has 0 saturated carbocycles. The Morgan fingerprint density at radius 2 is 2.07 bits per heavy atom. The number of aliphatic hydroxyl groups excluding tert-OH is 1. The molecule has 0 fully saturated rings. The number of amides is 1. The van der Waals surface area contributed by atoms with Crippen LogP contribution in [0.1, 0.15) is 13.3 Å². The highest BCUT2D eigenvalue weighted by atomic mass is 32.2. The van der Waals surface area contributed by atoms with Crippen molar-refractivity contribution in [1.82, 2.24) is 5.32 Å². The van der Waals surface area contributed by atoms with E-state index in [0.29, 0.717) is 13.0 Å². The zero-order valence-electron chi connectivity index (χ0n) is 8.73. The van der Waals surface area contributed by atoms with Gasteiger partial charge in [0.1, 0.15) is 0 Å². The van der Waals surface area contributed by atoms with E-state index in [1.165, 1.54) is 0 Å². The molecule has 1 atom stereocenters. The Morgan fingerprint density at radius 1 is 1.40 bits per heavy atom. The molecule has 15 heavy (non-hydrogen) atoms. The summed E-state index contributed by atoms with van der Waals surface area (Å²) in [5, 5.41) is 19.6. The van der Waals surface area contributed by atoms with Crippen LogP contribution in [-0.2, 0) is 9.59 Å². The number of carboxylic acids is 1. The molecule has 0 aliphatic carbocycles. The van der Waals surface area contributed by atoms with Crippen LogP contribution in [-0.4, -0.2) is 46.7 Å². The second kappa shape index (κ2) is 8.55. The van der Waals surface area contributed by atoms with Crippen molar-refractivity contribution in [3.63, 3.8) is 0 Å². The third-order valence-corrected chi connectivity index (χ3v) is 2.65. The van der Waals surface area contributed by atoms with Crippen molar-refractivity contribution >= 4 is 23.6 Å². The Bertz CT molecular complexity index is 210. The summed E-state index contributed by atoms with van der Waals surface area (Å²) in [7, 11) is 0. The third-order valence-electron chi connectivity index (χ3n) is 1.73. The Kier molecular flexibility index (Phi) is 8.12. The molecule has 6 heteroatoms. The van der Waals surface area contributed by atoms with Gasteiger partial charge >= 0.3 is 5.97 Å². The summed E-state index contributed by atoms with van der Waals surface area (Å²) in [5.74, 6) is -0.728. The van der Waals surface area contributed by atoms with E-state index in [9.17, 15) is 9.59 Å². The highest BCUT2D eigenvalue weighted by Gasteiger charge is 2.06. The number of thioether (sulfide) groups is 1. The molecule has 0 spiro atoms. The lowest BCUT2D eigenvalue weighted by molar-refractivity contribution is -0.133. The fraction of sp³-hybridized carbons (Fsp3) is 0.778. The summed E-state index contributed by atoms with van der Waals surface area (Å²) in [6.07, 6.45) is 0.655. The maximum atomic E-state index is 11.1. The van der Waals surface area contributed by atoms with Gasteiger partial charge in [0, 0.05) is 13.2 Å². The maximum absolute atomic E-state index is 11.1. The van der Waals surface area contributed by atoms with E-state index in [4.69, 9.17) is 10.2 Å². The zero-order chi connectivity index (χ0) is 11.7. The Hall–Kier alpha value is -0.750. The highest BCUT2D eigenvalue weighted by Crippen LogP contribution is 2.00. The lowest BCUT2D eigenvalue weighted by Crippen LogP contribution is -2.30. The van der Waals surface area contributed by atoms with Crippen molar-refractivity contribution in [3.8, 4) is 0 Å². The number of hydrogen-bond donors (Lipinski definition) is 3. The largest absolute Gasteiger partial charge is 0.481 e. The van der Waals surface area contributed by atoms with E-state index in [-0.39, 0.29) is 29.9 Å². The number of rotatable bonds is 8. The number of carboxylic acid groups (broad SMARTS) is 1. The van der Waals surface area contributed by atoms with E-state index in [2.05, 4.69) is 5.32 Å². The third kappa shape index (κ3) is 9.55. The van der Waals surface area contributed by atoms with Gasteiger partial charge < -0.3 is 15.5 Å². The van der Waals surface area contributed by atoms with Crippen molar-refractivity contribution < 1.29 is 19.8 Å². The van der Waals surface area contributed by atoms with Crippen LogP contribution in [0.2, 0.25) is 0 Å². The predicted octanol–water partition coefficient (Wildman–Crippen LogP) is -0.0611. The van der Waals surface area contributed by atoms with Gasteiger partial charge in [0.2, 0.25) is 5.91 Å². The van der Waals surface area contributed by atoms with Crippen LogP contribution in [0.5, 0.6) is 0 Å². The minimum Gasteiger partial charge on any atom is -0.481 e. The first-order valence-corrected chi connectivity index (χ1v) is 5.88. The quantitative estimate of drug-likeness (QED) is 0.548. The van der Waals surface area contributed by atoms with Gasteiger partial charge in [-0.3, -0.25) is 9.59 Å². The molecular weight excluding hydrogens is 218 g/mol. The van der Waals surface area contributed by atoms with Gasteiger partial charge in [-0.05, 0) is 12.3 Å². The number of hydrogen-bond acceptors (Lipinski definition) is 4. The van der Waals surface area contributed by atoms with E-state index in [1.54, 1.807) is 0 Å². The van der Waals surface area contributed by atoms with Crippen molar-refractivity contribution in [2.45, 2.75) is 13.3 Å². The van der Waals surface area contributed by atoms with Crippen LogP contribution >= 0.6 is 11.8 Å². The first kappa shape index (κ1) is 14.2. The minimum atomic E-state index is -0.915. The van der Waals surface area contributed by atoms with Gasteiger partial charge in [0.15, 0.2) is 0 Å². The molecule has 1 amide bonds. The number of aliphatic hydroxyl groups is 1. The van der Waals surface area contributed by atoms with Gasteiger partial charge in [-0.15, -0.1) is 11.8 Å². The van der Waals surface area contributed by atoms with Crippen LogP contribution in [0, 0.1) is 5.92 Å². The molecular formula is C9H17NO4S. The SMILES string of the molecule is CC(CCO)CNC(=O)CSCC(=O)O. The standard InChI is InChI=1S/C9H17NO4S/c1-7(2-3-11)4-10-8(12)5-15-6-9(13)14/h7,11H,2-6H2,1H3,(H,10,12)(H,13,14). The molecule has 0 bridgehead atoms. The molecule has 0 aliphatic rings. The molecule has 0 radical (unpaired) electrons. The molecule has 5 nitrogen and oxygen atoms in total. The summed E-state index contributed by atoms with van der Waals surface area (Å²) >= 11 is 1.07. The lowest BCUT2D eigenvalue weighted by Gasteiger charge is -2.10. The normalized spacial score (nSPS) is 12.1. The smallest absolute Gasteiger partial charge is 0.313 e. The lowest BCUT2D eigenvalue weighted by atomic mass is 10.1. The van der Waals surface area contributed by atoms with Gasteiger partial charge in [0.25, 0.3) is 0 Å². The molecule has 0 aromatic carbocycles. The van der Waals surface area contributed by atoms with Crippen LogP contribution in [0.25, 0.3) is 0 Å². The number of aliphatic carboxylic acids is 1. The van der Waals surface area contributed by atoms with Crippen LogP contribution < -0.4 is 5.32 Å². The average molecular weight is 235 g/mol. The van der Waals surface area contributed by atoms with Gasteiger partial charge in [-0.1, -0.05) is 6.92 Å². The first-order valence-electron chi connectivity index (χ1n) is 4.73. The predicted molar refractivity (Wildman–Crippen MR) is 58.8 cm³/mol. The minimum absolute atomic E-state index is 0.0559. The summed E-state index contributed by atoms with van der Waals surface area (Å²) < 4.78 is 0. The summed E-state index contributed by atoms with van der Waals surface area (Å²) in [6.45, 7) is 2.57.